The van der Waals surface area contributed by atoms with Gasteiger partial charge in [0.05, 0.1) is 6.04 Å². The number of hydrogen-bond acceptors (Lipinski definition) is 4. The summed E-state index contributed by atoms with van der Waals surface area (Å²) >= 11 is 0. The van der Waals surface area contributed by atoms with Crippen LogP contribution in [0.25, 0.3) is 0 Å². The molecule has 20 heavy (non-hydrogen) atoms. The predicted molar refractivity (Wildman–Crippen MR) is 78.5 cm³/mol. The molecular weight excluding hydrogens is 252 g/mol. The van der Waals surface area contributed by atoms with E-state index in [-0.39, 0.29) is 11.9 Å². The van der Waals surface area contributed by atoms with Gasteiger partial charge in [-0.1, -0.05) is 0 Å². The molecule has 0 aliphatic heterocycles. The maximum Gasteiger partial charge on any atom is 0.270 e. The van der Waals surface area contributed by atoms with Crippen molar-refractivity contribution >= 4 is 11.6 Å². The first kappa shape index (κ1) is 14.0. The van der Waals surface area contributed by atoms with Gasteiger partial charge in [-0.05, 0) is 43.7 Å². The molecule has 104 valence electrons. The van der Waals surface area contributed by atoms with Crippen LogP contribution in [0.1, 0.15) is 35.9 Å². The van der Waals surface area contributed by atoms with Crippen molar-refractivity contribution in [3.63, 3.8) is 0 Å². The Hall–Kier alpha value is -2.43. The van der Waals surface area contributed by atoms with Crippen LogP contribution in [-0.4, -0.2) is 22.4 Å². The second-order valence-electron chi connectivity index (χ2n) is 4.44. The molecule has 5 nitrogen and oxygen atoms in total. The molecule has 5 heteroatoms. The van der Waals surface area contributed by atoms with Crippen LogP contribution in [0.4, 0.5) is 5.69 Å². The molecule has 2 N–H and O–H groups in total. The summed E-state index contributed by atoms with van der Waals surface area (Å²) in [6, 6.07) is 7.26. The number of carbonyl (C=O) groups excluding carboxylic acids is 1. The Morgan fingerprint density at radius 1 is 1.25 bits per heavy atom. The van der Waals surface area contributed by atoms with Crippen molar-refractivity contribution in [1.29, 1.82) is 0 Å². The van der Waals surface area contributed by atoms with Gasteiger partial charge in [-0.25, -0.2) is 0 Å². The van der Waals surface area contributed by atoms with Crippen molar-refractivity contribution in [3.8, 4) is 0 Å². The van der Waals surface area contributed by atoms with E-state index in [4.69, 9.17) is 0 Å². The first-order valence-corrected chi connectivity index (χ1v) is 6.61. The number of rotatable bonds is 5. The fraction of sp³-hybridized carbons (Fsp3) is 0.267. The summed E-state index contributed by atoms with van der Waals surface area (Å²) in [5.74, 6) is -0.186. The number of hydrogen-bond donors (Lipinski definition) is 2. The quantitative estimate of drug-likeness (QED) is 0.875. The zero-order valence-corrected chi connectivity index (χ0v) is 11.6. The van der Waals surface area contributed by atoms with Crippen LogP contribution in [0.15, 0.2) is 42.9 Å². The number of aromatic nitrogens is 2. The molecule has 1 amide bonds. The van der Waals surface area contributed by atoms with Gasteiger partial charge in [0.1, 0.15) is 5.69 Å². The van der Waals surface area contributed by atoms with Crippen LogP contribution in [-0.2, 0) is 0 Å². The standard InChI is InChI=1S/C15H18N4O/c1-3-17-13-6-9-18-14(10-13)15(20)19-11(2)12-4-7-16-8-5-12/h4-11H,3H2,1-2H3,(H,17,18)(H,19,20). The smallest absolute Gasteiger partial charge is 0.270 e. The topological polar surface area (TPSA) is 66.9 Å². The number of amides is 1. The average Bonchev–Trinajstić information content (AvgIpc) is 2.48. The lowest BCUT2D eigenvalue weighted by molar-refractivity contribution is 0.0935. The molecule has 0 bridgehead atoms. The minimum Gasteiger partial charge on any atom is -0.385 e. The van der Waals surface area contributed by atoms with E-state index in [2.05, 4.69) is 20.6 Å². The Morgan fingerprint density at radius 2 is 2.00 bits per heavy atom. The molecule has 0 radical (unpaired) electrons. The van der Waals surface area contributed by atoms with E-state index in [0.29, 0.717) is 5.69 Å². The SMILES string of the molecule is CCNc1ccnc(C(=O)NC(C)c2ccncc2)c1. The third-order valence-electron chi connectivity index (χ3n) is 2.93. The van der Waals surface area contributed by atoms with Crippen molar-refractivity contribution in [2.24, 2.45) is 0 Å². The number of carbonyl (C=O) groups is 1. The molecule has 0 aliphatic rings. The zero-order valence-electron chi connectivity index (χ0n) is 11.6. The highest BCUT2D eigenvalue weighted by Crippen LogP contribution is 2.12. The lowest BCUT2D eigenvalue weighted by atomic mass is 10.1. The molecule has 0 saturated heterocycles. The second-order valence-corrected chi connectivity index (χ2v) is 4.44. The van der Waals surface area contributed by atoms with Crippen LogP contribution in [0.3, 0.4) is 0 Å². The molecule has 0 spiro atoms. The zero-order chi connectivity index (χ0) is 14.4. The van der Waals surface area contributed by atoms with Gasteiger partial charge in [0.25, 0.3) is 5.91 Å². The van der Waals surface area contributed by atoms with Gasteiger partial charge in [0.2, 0.25) is 0 Å². The number of pyridine rings is 2. The molecule has 0 aromatic carbocycles. The van der Waals surface area contributed by atoms with Gasteiger partial charge in [-0.3, -0.25) is 14.8 Å². The van der Waals surface area contributed by atoms with Crippen molar-refractivity contribution in [1.82, 2.24) is 15.3 Å². The Bertz CT molecular complexity index is 571. The molecule has 0 aliphatic carbocycles. The summed E-state index contributed by atoms with van der Waals surface area (Å²) < 4.78 is 0. The normalized spacial score (nSPS) is 11.7. The number of nitrogens with zero attached hydrogens (tertiary/aromatic N) is 2. The summed E-state index contributed by atoms with van der Waals surface area (Å²) in [5.41, 5.74) is 2.31. The number of nitrogens with one attached hydrogen (secondary N) is 2. The Morgan fingerprint density at radius 3 is 2.70 bits per heavy atom. The van der Waals surface area contributed by atoms with Crippen LogP contribution < -0.4 is 10.6 Å². The van der Waals surface area contributed by atoms with Crippen molar-refractivity contribution in [3.05, 3.63) is 54.1 Å². The highest BCUT2D eigenvalue weighted by atomic mass is 16.1. The molecule has 2 aromatic heterocycles. The Balaban J connectivity index is 2.06. The predicted octanol–water partition coefficient (Wildman–Crippen LogP) is 2.40. The van der Waals surface area contributed by atoms with Crippen molar-refractivity contribution < 1.29 is 4.79 Å². The third kappa shape index (κ3) is 3.54. The van der Waals surface area contributed by atoms with E-state index in [1.54, 1.807) is 24.7 Å². The Labute approximate surface area is 118 Å². The maximum absolute atomic E-state index is 12.2. The van der Waals surface area contributed by atoms with Gasteiger partial charge >= 0.3 is 0 Å². The second kappa shape index (κ2) is 6.65. The lowest BCUT2D eigenvalue weighted by Gasteiger charge is -2.14. The van der Waals surface area contributed by atoms with Gasteiger partial charge in [0.15, 0.2) is 0 Å². The molecule has 2 heterocycles. The van der Waals surface area contributed by atoms with E-state index in [1.165, 1.54) is 0 Å². The first-order chi connectivity index (χ1) is 9.70. The fourth-order valence-corrected chi connectivity index (χ4v) is 1.87. The summed E-state index contributed by atoms with van der Waals surface area (Å²) in [7, 11) is 0. The number of anilines is 1. The van der Waals surface area contributed by atoms with Gasteiger partial charge < -0.3 is 10.6 Å². The first-order valence-electron chi connectivity index (χ1n) is 6.61. The van der Waals surface area contributed by atoms with Crippen LogP contribution in [0.2, 0.25) is 0 Å². The average molecular weight is 270 g/mol. The molecule has 2 aromatic rings. The van der Waals surface area contributed by atoms with Gasteiger partial charge in [-0.15, -0.1) is 0 Å². The molecule has 2 rings (SSSR count). The minimum absolute atomic E-state index is 0.0879. The van der Waals surface area contributed by atoms with Gasteiger partial charge in [-0.2, -0.15) is 0 Å². The van der Waals surface area contributed by atoms with Crippen LogP contribution >= 0.6 is 0 Å². The summed E-state index contributed by atoms with van der Waals surface area (Å²) in [6.45, 7) is 4.74. The highest BCUT2D eigenvalue weighted by molar-refractivity contribution is 5.93. The molecule has 0 saturated carbocycles. The lowest BCUT2D eigenvalue weighted by Crippen LogP contribution is -2.27. The summed E-state index contributed by atoms with van der Waals surface area (Å²) in [4.78, 5) is 20.2. The molecule has 0 fully saturated rings. The van der Waals surface area contributed by atoms with E-state index in [1.807, 2.05) is 32.0 Å². The fourth-order valence-electron chi connectivity index (χ4n) is 1.87. The van der Waals surface area contributed by atoms with E-state index in [0.717, 1.165) is 17.8 Å². The maximum atomic E-state index is 12.2. The van der Waals surface area contributed by atoms with E-state index < -0.39 is 0 Å². The summed E-state index contributed by atoms with van der Waals surface area (Å²) in [6.07, 6.45) is 5.05. The molecule has 1 atom stereocenters. The molecule has 1 unspecified atom stereocenters. The monoisotopic (exact) mass is 270 g/mol. The van der Waals surface area contributed by atoms with Crippen LogP contribution in [0, 0.1) is 0 Å². The largest absolute Gasteiger partial charge is 0.385 e. The van der Waals surface area contributed by atoms with E-state index >= 15 is 0 Å². The van der Waals surface area contributed by atoms with Gasteiger partial charge in [0, 0.05) is 30.8 Å². The summed E-state index contributed by atoms with van der Waals surface area (Å²) in [5, 5.41) is 6.08. The van der Waals surface area contributed by atoms with E-state index in [9.17, 15) is 4.79 Å². The Kier molecular flexibility index (Phi) is 4.65. The highest BCUT2D eigenvalue weighted by Gasteiger charge is 2.12. The van der Waals surface area contributed by atoms with Crippen molar-refractivity contribution in [2.75, 3.05) is 11.9 Å². The third-order valence-corrected chi connectivity index (χ3v) is 2.93. The molecular formula is C15H18N4O. The van der Waals surface area contributed by atoms with Crippen molar-refractivity contribution in [2.45, 2.75) is 19.9 Å². The minimum atomic E-state index is -0.186. The van der Waals surface area contributed by atoms with Crippen LogP contribution in [0.5, 0.6) is 0 Å².